The van der Waals surface area contributed by atoms with Crippen LogP contribution in [0.1, 0.15) is 348 Å². The molecule has 0 radical (unpaired) electrons. The zero-order chi connectivity index (χ0) is 47.9. The molecule has 0 saturated heterocycles. The molecule has 392 valence electrons. The molecule has 0 aliphatic heterocycles. The van der Waals surface area contributed by atoms with Gasteiger partial charge in [-0.3, -0.25) is 14.4 Å². The van der Waals surface area contributed by atoms with Gasteiger partial charge < -0.3 is 14.2 Å². The van der Waals surface area contributed by atoms with Gasteiger partial charge in [-0.05, 0) is 19.3 Å². The summed E-state index contributed by atoms with van der Waals surface area (Å²) < 4.78 is 16.8. The van der Waals surface area contributed by atoms with Gasteiger partial charge in [0.05, 0.1) is 0 Å². The lowest BCUT2D eigenvalue weighted by Gasteiger charge is -2.18. The Morgan fingerprint density at radius 2 is 0.409 bits per heavy atom. The molecule has 0 aliphatic rings. The van der Waals surface area contributed by atoms with Crippen molar-refractivity contribution in [3.63, 3.8) is 0 Å². The lowest BCUT2D eigenvalue weighted by Crippen LogP contribution is -2.30. The summed E-state index contributed by atoms with van der Waals surface area (Å²) in [6.45, 7) is 6.67. The molecule has 0 aliphatic carbocycles. The van der Waals surface area contributed by atoms with Gasteiger partial charge in [-0.25, -0.2) is 0 Å². The second kappa shape index (κ2) is 56.0. The van der Waals surface area contributed by atoms with Crippen molar-refractivity contribution in [1.29, 1.82) is 0 Å². The third-order valence-corrected chi connectivity index (χ3v) is 13.9. The third-order valence-electron chi connectivity index (χ3n) is 13.9. The van der Waals surface area contributed by atoms with E-state index in [9.17, 15) is 14.4 Å². The predicted octanol–water partition coefficient (Wildman–Crippen LogP) is 19.9. The third kappa shape index (κ3) is 53.4. The molecule has 6 nitrogen and oxygen atoms in total. The molecule has 1 unspecified atom stereocenters. The fraction of sp³-hybridized carbons (Fsp3) is 0.950. The highest BCUT2D eigenvalue weighted by Gasteiger charge is 2.19. The molecule has 0 bridgehead atoms. The van der Waals surface area contributed by atoms with Gasteiger partial charge in [0.1, 0.15) is 13.2 Å². The van der Waals surface area contributed by atoms with Crippen molar-refractivity contribution in [2.75, 3.05) is 13.2 Å². The molecule has 0 heterocycles. The number of carbonyl (C=O) groups is 3. The molecule has 0 spiro atoms. The Morgan fingerprint density at radius 1 is 0.242 bits per heavy atom. The molecule has 0 aromatic carbocycles. The molecule has 1 atom stereocenters. The minimum Gasteiger partial charge on any atom is -0.462 e. The summed E-state index contributed by atoms with van der Waals surface area (Å²) in [5, 5.41) is 0. The van der Waals surface area contributed by atoms with Crippen LogP contribution in [0.3, 0.4) is 0 Å². The molecule has 0 saturated carbocycles. The van der Waals surface area contributed by atoms with Crippen molar-refractivity contribution >= 4 is 17.9 Å². The predicted molar refractivity (Wildman–Crippen MR) is 284 cm³/mol. The fourth-order valence-electron chi connectivity index (χ4n) is 9.33. The molecular weight excluding hydrogens is 817 g/mol. The van der Waals surface area contributed by atoms with E-state index in [-0.39, 0.29) is 31.1 Å². The number of carbonyl (C=O) groups excluding carboxylic acids is 3. The van der Waals surface area contributed by atoms with Crippen LogP contribution in [0.5, 0.6) is 0 Å². The highest BCUT2D eigenvalue weighted by molar-refractivity contribution is 5.71. The van der Waals surface area contributed by atoms with Crippen LogP contribution in [0.4, 0.5) is 0 Å². The molecule has 0 fully saturated rings. The second-order valence-electron chi connectivity index (χ2n) is 20.6. The average Bonchev–Trinajstić information content (AvgIpc) is 3.31. The van der Waals surface area contributed by atoms with Crippen LogP contribution in [0.2, 0.25) is 0 Å². The Morgan fingerprint density at radius 3 is 0.606 bits per heavy atom. The zero-order valence-electron chi connectivity index (χ0n) is 45.0. The summed E-state index contributed by atoms with van der Waals surface area (Å²) in [7, 11) is 0. The first kappa shape index (κ1) is 64.4. The number of hydrogen-bond acceptors (Lipinski definition) is 6. The van der Waals surface area contributed by atoms with E-state index in [4.69, 9.17) is 14.2 Å². The largest absolute Gasteiger partial charge is 0.462 e. The smallest absolute Gasteiger partial charge is 0.306 e. The van der Waals surface area contributed by atoms with Gasteiger partial charge >= 0.3 is 17.9 Å². The first-order chi connectivity index (χ1) is 32.5. The van der Waals surface area contributed by atoms with Gasteiger partial charge in [0.2, 0.25) is 0 Å². The van der Waals surface area contributed by atoms with Crippen LogP contribution in [-0.4, -0.2) is 37.2 Å². The highest BCUT2D eigenvalue weighted by atomic mass is 16.6. The van der Waals surface area contributed by atoms with Crippen LogP contribution >= 0.6 is 0 Å². The number of unbranched alkanes of at least 4 members (excludes halogenated alkanes) is 45. The van der Waals surface area contributed by atoms with Gasteiger partial charge in [-0.1, -0.05) is 310 Å². The minimum atomic E-state index is -0.759. The number of esters is 3. The highest BCUT2D eigenvalue weighted by Crippen LogP contribution is 2.18. The maximum absolute atomic E-state index is 12.8. The minimum absolute atomic E-state index is 0.0618. The summed E-state index contributed by atoms with van der Waals surface area (Å²) >= 11 is 0. The molecule has 0 amide bonds. The summed E-state index contributed by atoms with van der Waals surface area (Å²) in [5.74, 6) is -0.841. The van der Waals surface area contributed by atoms with Gasteiger partial charge in [0.25, 0.3) is 0 Å². The molecule has 0 aromatic heterocycles. The van der Waals surface area contributed by atoms with E-state index in [1.807, 2.05) is 0 Å². The van der Waals surface area contributed by atoms with E-state index < -0.39 is 6.10 Å². The van der Waals surface area contributed by atoms with Crippen molar-refractivity contribution in [1.82, 2.24) is 0 Å². The first-order valence-corrected chi connectivity index (χ1v) is 30.0. The maximum atomic E-state index is 12.8. The van der Waals surface area contributed by atoms with Crippen molar-refractivity contribution in [2.24, 2.45) is 0 Å². The van der Waals surface area contributed by atoms with E-state index >= 15 is 0 Å². The van der Waals surface area contributed by atoms with Crippen molar-refractivity contribution in [2.45, 2.75) is 354 Å². The summed E-state index contributed by atoms with van der Waals surface area (Å²) in [6, 6.07) is 0. The monoisotopic (exact) mass is 933 g/mol. The molecule has 0 N–H and O–H groups in total. The first-order valence-electron chi connectivity index (χ1n) is 30.0. The fourth-order valence-corrected chi connectivity index (χ4v) is 9.33. The van der Waals surface area contributed by atoms with Gasteiger partial charge in [-0.15, -0.1) is 0 Å². The Balaban J connectivity index is 3.99. The molecule has 6 heteroatoms. The lowest BCUT2D eigenvalue weighted by atomic mass is 10.0. The molecular formula is C60H116O6. The second-order valence-corrected chi connectivity index (χ2v) is 20.6. The van der Waals surface area contributed by atoms with Crippen LogP contribution in [0.25, 0.3) is 0 Å². The topological polar surface area (TPSA) is 78.9 Å². The van der Waals surface area contributed by atoms with E-state index in [1.165, 1.54) is 250 Å². The SMILES string of the molecule is CCCCCCCCCCCCCCCCCCCCCCCCCCCCCCC(=O)OCC(COC(=O)CCCCCCCCCCCC)OC(=O)CCCCCCCCCCCC. The van der Waals surface area contributed by atoms with E-state index in [0.717, 1.165) is 57.8 Å². The Hall–Kier alpha value is -1.59. The maximum Gasteiger partial charge on any atom is 0.306 e. The Bertz CT molecular complexity index is 982. The van der Waals surface area contributed by atoms with Gasteiger partial charge in [0, 0.05) is 19.3 Å². The summed E-state index contributed by atoms with van der Waals surface area (Å²) in [4.78, 5) is 37.9. The van der Waals surface area contributed by atoms with Crippen molar-refractivity contribution in [3.8, 4) is 0 Å². The number of hydrogen-bond donors (Lipinski definition) is 0. The van der Waals surface area contributed by atoms with Crippen molar-refractivity contribution < 1.29 is 28.6 Å². The normalized spacial score (nSPS) is 11.9. The van der Waals surface area contributed by atoms with Crippen LogP contribution in [0, 0.1) is 0 Å². The van der Waals surface area contributed by atoms with Gasteiger partial charge in [-0.2, -0.15) is 0 Å². The van der Waals surface area contributed by atoms with E-state index in [1.54, 1.807) is 0 Å². The summed E-state index contributed by atoms with van der Waals surface area (Å²) in [5.41, 5.74) is 0. The van der Waals surface area contributed by atoms with Crippen LogP contribution in [-0.2, 0) is 28.6 Å². The average molecular weight is 934 g/mol. The van der Waals surface area contributed by atoms with Crippen molar-refractivity contribution in [3.05, 3.63) is 0 Å². The van der Waals surface area contributed by atoms with Crippen LogP contribution in [0.15, 0.2) is 0 Å². The molecule has 66 heavy (non-hydrogen) atoms. The van der Waals surface area contributed by atoms with E-state index in [0.29, 0.717) is 19.3 Å². The summed E-state index contributed by atoms with van der Waals surface area (Å²) in [6.07, 6.45) is 62.8. The van der Waals surface area contributed by atoms with Gasteiger partial charge in [0.15, 0.2) is 6.10 Å². The standard InChI is InChI=1S/C60H116O6/c1-4-7-10-13-16-19-22-23-24-25-26-27-28-29-30-31-32-33-34-35-36-37-38-39-42-44-47-50-53-59(62)65-56-57(66-60(63)54-51-48-45-41-21-18-15-12-9-6-3)55-64-58(61)52-49-46-43-40-20-17-14-11-8-5-2/h57H,4-56H2,1-3H3. The quantitative estimate of drug-likeness (QED) is 0.0343. The number of ether oxygens (including phenoxy) is 3. The lowest BCUT2D eigenvalue weighted by molar-refractivity contribution is -0.167. The molecule has 0 rings (SSSR count). The molecule has 0 aromatic rings. The number of rotatable bonds is 56. The zero-order valence-corrected chi connectivity index (χ0v) is 45.0. The van der Waals surface area contributed by atoms with E-state index in [2.05, 4.69) is 20.8 Å². The Labute approximate surface area is 412 Å². The van der Waals surface area contributed by atoms with Crippen LogP contribution < -0.4 is 0 Å². The Kier molecular flexibility index (Phi) is 54.7.